The molecule has 1 heterocycles. The molecule has 2 N–H and O–H groups in total. The number of benzene rings is 1. The summed E-state index contributed by atoms with van der Waals surface area (Å²) in [6.45, 7) is 2.38. The number of amides is 2. The van der Waals surface area contributed by atoms with Crippen LogP contribution in [0.15, 0.2) is 30.3 Å². The molecule has 0 aliphatic rings. The molecule has 0 fully saturated rings. The van der Waals surface area contributed by atoms with Crippen LogP contribution in [0, 0.1) is 6.92 Å². The highest BCUT2D eigenvalue weighted by atomic mass is 32.1. The normalized spacial score (nSPS) is 10.1. The van der Waals surface area contributed by atoms with Gasteiger partial charge in [-0.2, -0.15) is 4.37 Å². The lowest BCUT2D eigenvalue weighted by atomic mass is 10.1. The van der Waals surface area contributed by atoms with Gasteiger partial charge in [0.25, 0.3) is 0 Å². The number of aromatic nitrogens is 2. The maximum Gasteiger partial charge on any atom is 0.321 e. The average molecular weight is 262 g/mol. The van der Waals surface area contributed by atoms with Gasteiger partial charge in [0.15, 0.2) is 0 Å². The molecule has 6 heteroatoms. The van der Waals surface area contributed by atoms with E-state index in [1.807, 2.05) is 30.3 Å². The van der Waals surface area contributed by atoms with Gasteiger partial charge in [0.2, 0.25) is 5.13 Å². The van der Waals surface area contributed by atoms with Crippen LogP contribution < -0.4 is 10.6 Å². The highest BCUT2D eigenvalue weighted by molar-refractivity contribution is 7.09. The second-order valence-electron chi connectivity index (χ2n) is 3.76. The Labute approximate surface area is 109 Å². The van der Waals surface area contributed by atoms with Crippen LogP contribution in [0.4, 0.5) is 9.93 Å². The van der Waals surface area contributed by atoms with Gasteiger partial charge in [-0.05, 0) is 18.9 Å². The maximum atomic E-state index is 11.5. The van der Waals surface area contributed by atoms with Crippen LogP contribution in [0.3, 0.4) is 0 Å². The number of rotatable bonds is 4. The summed E-state index contributed by atoms with van der Waals surface area (Å²) in [6.07, 6.45) is 0.809. The van der Waals surface area contributed by atoms with Crippen LogP contribution in [-0.4, -0.2) is 21.9 Å². The number of carbonyl (C=O) groups is 1. The van der Waals surface area contributed by atoms with Crippen molar-refractivity contribution in [2.45, 2.75) is 13.3 Å². The molecule has 2 amide bonds. The fourth-order valence-corrected chi connectivity index (χ4v) is 2.02. The fourth-order valence-electron chi connectivity index (χ4n) is 1.45. The standard InChI is InChI=1S/C12H14N4OS/c1-9-14-12(18-16-9)15-11(17)13-8-7-10-5-3-2-4-6-10/h2-6H,7-8H2,1H3,(H2,13,14,15,16,17). The number of urea groups is 1. The lowest BCUT2D eigenvalue weighted by Gasteiger charge is -2.04. The number of anilines is 1. The second-order valence-corrected chi connectivity index (χ2v) is 4.52. The minimum absolute atomic E-state index is 0.248. The Morgan fingerprint density at radius 1 is 1.33 bits per heavy atom. The first kappa shape index (κ1) is 12.5. The van der Waals surface area contributed by atoms with Crippen LogP contribution in [0.25, 0.3) is 0 Å². The van der Waals surface area contributed by atoms with Crippen molar-refractivity contribution >= 4 is 22.7 Å². The molecule has 0 unspecified atom stereocenters. The summed E-state index contributed by atoms with van der Waals surface area (Å²) in [5, 5.41) is 5.94. The summed E-state index contributed by atoms with van der Waals surface area (Å²) < 4.78 is 3.99. The fraction of sp³-hybridized carbons (Fsp3) is 0.250. The van der Waals surface area contributed by atoms with Crippen molar-refractivity contribution in [2.75, 3.05) is 11.9 Å². The Hall–Kier alpha value is -1.95. The Bertz CT molecular complexity index is 512. The molecule has 18 heavy (non-hydrogen) atoms. The summed E-state index contributed by atoms with van der Waals surface area (Å²) in [5.74, 6) is 0.666. The second kappa shape index (κ2) is 6.11. The third-order valence-corrected chi connectivity index (χ3v) is 3.01. The Morgan fingerprint density at radius 3 is 2.78 bits per heavy atom. The monoisotopic (exact) mass is 262 g/mol. The molecule has 0 radical (unpaired) electrons. The summed E-state index contributed by atoms with van der Waals surface area (Å²) >= 11 is 1.17. The molecule has 2 rings (SSSR count). The van der Waals surface area contributed by atoms with Crippen molar-refractivity contribution in [3.05, 3.63) is 41.7 Å². The van der Waals surface area contributed by atoms with Crippen molar-refractivity contribution in [2.24, 2.45) is 0 Å². The first-order chi connectivity index (χ1) is 8.74. The predicted molar refractivity (Wildman–Crippen MR) is 71.8 cm³/mol. The van der Waals surface area contributed by atoms with Crippen LogP contribution in [0.1, 0.15) is 11.4 Å². The molecule has 0 atom stereocenters. The highest BCUT2D eigenvalue weighted by Crippen LogP contribution is 2.09. The quantitative estimate of drug-likeness (QED) is 0.887. The zero-order chi connectivity index (χ0) is 12.8. The van der Waals surface area contributed by atoms with Gasteiger partial charge in [-0.3, -0.25) is 5.32 Å². The van der Waals surface area contributed by atoms with E-state index in [4.69, 9.17) is 0 Å². The molecule has 0 aliphatic heterocycles. The third kappa shape index (κ3) is 3.81. The number of hydrogen-bond acceptors (Lipinski definition) is 4. The van der Waals surface area contributed by atoms with Gasteiger partial charge in [0.05, 0.1) is 0 Å². The van der Waals surface area contributed by atoms with Gasteiger partial charge in [-0.25, -0.2) is 9.78 Å². The molecule has 1 aromatic heterocycles. The third-order valence-electron chi connectivity index (χ3n) is 2.29. The number of nitrogens with zero attached hydrogens (tertiary/aromatic N) is 2. The van der Waals surface area contributed by atoms with Gasteiger partial charge in [-0.15, -0.1) is 0 Å². The molecule has 5 nitrogen and oxygen atoms in total. The number of carbonyl (C=O) groups excluding carboxylic acids is 1. The molecular weight excluding hydrogens is 248 g/mol. The molecule has 1 aromatic carbocycles. The van der Waals surface area contributed by atoms with E-state index in [1.165, 1.54) is 17.1 Å². The van der Waals surface area contributed by atoms with E-state index in [1.54, 1.807) is 6.92 Å². The number of nitrogens with one attached hydrogen (secondary N) is 2. The highest BCUT2D eigenvalue weighted by Gasteiger charge is 2.04. The van der Waals surface area contributed by atoms with Gasteiger partial charge in [-0.1, -0.05) is 30.3 Å². The largest absolute Gasteiger partial charge is 0.337 e. The summed E-state index contributed by atoms with van der Waals surface area (Å²) in [5.41, 5.74) is 1.20. The molecule has 0 saturated carbocycles. The van der Waals surface area contributed by atoms with Crippen LogP contribution >= 0.6 is 11.5 Å². The van der Waals surface area contributed by atoms with Crippen molar-refractivity contribution in [3.8, 4) is 0 Å². The van der Waals surface area contributed by atoms with Gasteiger partial charge in [0.1, 0.15) is 5.82 Å². The molecule has 0 bridgehead atoms. The van der Waals surface area contributed by atoms with Crippen LogP contribution in [-0.2, 0) is 6.42 Å². The zero-order valence-electron chi connectivity index (χ0n) is 10.0. The molecule has 0 spiro atoms. The maximum absolute atomic E-state index is 11.5. The zero-order valence-corrected chi connectivity index (χ0v) is 10.8. The summed E-state index contributed by atoms with van der Waals surface area (Å²) in [7, 11) is 0. The summed E-state index contributed by atoms with van der Waals surface area (Å²) in [4.78, 5) is 15.6. The number of aryl methyl sites for hydroxylation is 1. The molecule has 94 valence electrons. The van der Waals surface area contributed by atoms with E-state index in [-0.39, 0.29) is 6.03 Å². The lowest BCUT2D eigenvalue weighted by molar-refractivity contribution is 0.252. The topological polar surface area (TPSA) is 66.9 Å². The average Bonchev–Trinajstić information content (AvgIpc) is 2.76. The minimum Gasteiger partial charge on any atom is -0.337 e. The van der Waals surface area contributed by atoms with Crippen molar-refractivity contribution in [3.63, 3.8) is 0 Å². The van der Waals surface area contributed by atoms with Gasteiger partial charge >= 0.3 is 6.03 Å². The van der Waals surface area contributed by atoms with Crippen LogP contribution in [0.2, 0.25) is 0 Å². The van der Waals surface area contributed by atoms with Crippen molar-refractivity contribution in [1.29, 1.82) is 0 Å². The Morgan fingerprint density at radius 2 is 2.11 bits per heavy atom. The minimum atomic E-state index is -0.248. The van der Waals surface area contributed by atoms with E-state index in [9.17, 15) is 4.79 Å². The van der Waals surface area contributed by atoms with E-state index in [0.717, 1.165) is 6.42 Å². The molecule has 0 aliphatic carbocycles. The molecule has 0 saturated heterocycles. The molecule has 2 aromatic rings. The van der Waals surface area contributed by atoms with E-state index >= 15 is 0 Å². The Balaban J connectivity index is 1.72. The molecular formula is C12H14N4OS. The smallest absolute Gasteiger partial charge is 0.321 e. The SMILES string of the molecule is Cc1nsc(NC(=O)NCCc2ccccc2)n1. The summed E-state index contributed by atoms with van der Waals surface area (Å²) in [6, 6.07) is 9.77. The Kier molecular flexibility index (Phi) is 4.25. The predicted octanol–water partition coefficient (Wildman–Crippen LogP) is 2.21. The van der Waals surface area contributed by atoms with Gasteiger partial charge in [0, 0.05) is 18.1 Å². The first-order valence-electron chi connectivity index (χ1n) is 5.63. The van der Waals surface area contributed by atoms with E-state index in [0.29, 0.717) is 17.5 Å². The van der Waals surface area contributed by atoms with Crippen molar-refractivity contribution in [1.82, 2.24) is 14.7 Å². The first-order valence-corrected chi connectivity index (χ1v) is 6.40. The van der Waals surface area contributed by atoms with Crippen molar-refractivity contribution < 1.29 is 4.79 Å². The van der Waals surface area contributed by atoms with Crippen LogP contribution in [0.5, 0.6) is 0 Å². The van der Waals surface area contributed by atoms with E-state index in [2.05, 4.69) is 20.0 Å². The van der Waals surface area contributed by atoms with E-state index < -0.39 is 0 Å². The number of hydrogen-bond donors (Lipinski definition) is 2. The lowest BCUT2D eigenvalue weighted by Crippen LogP contribution is -2.30. The van der Waals surface area contributed by atoms with Gasteiger partial charge < -0.3 is 5.32 Å².